The zero-order valence-corrected chi connectivity index (χ0v) is 18.6. The first-order valence-electron chi connectivity index (χ1n) is 10.6. The molecule has 0 radical (unpaired) electrons. The maximum atomic E-state index is 13.0. The number of urea groups is 1. The number of ether oxygens (including phenoxy) is 2. The Balaban J connectivity index is 1.28. The van der Waals surface area contributed by atoms with Gasteiger partial charge in [0.1, 0.15) is 11.5 Å². The third-order valence-electron chi connectivity index (χ3n) is 5.49. The summed E-state index contributed by atoms with van der Waals surface area (Å²) in [5, 5.41) is 7.06. The molecule has 33 heavy (non-hydrogen) atoms. The molecule has 1 aromatic carbocycles. The number of piperazine rings is 1. The van der Waals surface area contributed by atoms with Gasteiger partial charge in [0.15, 0.2) is 5.82 Å². The third kappa shape index (κ3) is 5.05. The lowest BCUT2D eigenvalue weighted by Crippen LogP contribution is -2.53. The van der Waals surface area contributed by atoms with Crippen molar-refractivity contribution >= 4 is 11.9 Å². The van der Waals surface area contributed by atoms with Crippen LogP contribution in [0.15, 0.2) is 55.0 Å². The summed E-state index contributed by atoms with van der Waals surface area (Å²) >= 11 is 0. The Bertz CT molecular complexity index is 1090. The van der Waals surface area contributed by atoms with E-state index >= 15 is 0 Å². The average molecular weight is 450 g/mol. The lowest BCUT2D eigenvalue weighted by Gasteiger charge is -2.35. The van der Waals surface area contributed by atoms with Crippen LogP contribution in [0.4, 0.5) is 4.79 Å². The van der Waals surface area contributed by atoms with Crippen molar-refractivity contribution in [1.29, 1.82) is 0 Å². The number of nitrogens with one attached hydrogen (secondary N) is 1. The number of nitrogens with zero attached hydrogens (tertiary/aromatic N) is 5. The van der Waals surface area contributed by atoms with Gasteiger partial charge in [0.05, 0.1) is 19.8 Å². The fraction of sp³-hybridized carbons (Fsp3) is 0.304. The molecule has 3 amide bonds. The summed E-state index contributed by atoms with van der Waals surface area (Å²) < 4.78 is 12.2. The van der Waals surface area contributed by atoms with Crippen molar-refractivity contribution < 1.29 is 19.1 Å². The van der Waals surface area contributed by atoms with Gasteiger partial charge in [-0.05, 0) is 29.8 Å². The largest absolute Gasteiger partial charge is 0.497 e. The Morgan fingerprint density at radius 1 is 1.03 bits per heavy atom. The van der Waals surface area contributed by atoms with Gasteiger partial charge >= 0.3 is 6.03 Å². The monoisotopic (exact) mass is 450 g/mol. The molecule has 1 N–H and O–H groups in total. The smallest absolute Gasteiger partial charge is 0.317 e. The van der Waals surface area contributed by atoms with E-state index < -0.39 is 0 Å². The first kappa shape index (κ1) is 22.1. The summed E-state index contributed by atoms with van der Waals surface area (Å²) in [5.74, 6) is 1.67. The fourth-order valence-corrected chi connectivity index (χ4v) is 3.61. The van der Waals surface area contributed by atoms with Crippen LogP contribution in [-0.2, 0) is 6.54 Å². The summed E-state index contributed by atoms with van der Waals surface area (Å²) in [5.41, 5.74) is 1.36. The van der Waals surface area contributed by atoms with Crippen LogP contribution >= 0.6 is 0 Å². The number of aromatic nitrogens is 3. The van der Waals surface area contributed by atoms with E-state index in [1.54, 1.807) is 52.2 Å². The van der Waals surface area contributed by atoms with Gasteiger partial charge in [0, 0.05) is 57.4 Å². The Morgan fingerprint density at radius 3 is 2.45 bits per heavy atom. The molecule has 0 bridgehead atoms. The molecule has 0 unspecified atom stereocenters. The molecule has 3 aromatic rings. The standard InChI is InChI=1S/C23H26N6O4/c1-32-18-5-6-19(20(14-18)33-2)22(30)27-10-12-28(13-11-27)23(31)25-16-17-4-7-21(24-15-17)29-9-3-8-26-29/h3-9,14-15H,10-13,16H2,1-2H3,(H,25,31). The summed E-state index contributed by atoms with van der Waals surface area (Å²) in [6.45, 7) is 2.16. The van der Waals surface area contributed by atoms with Crippen molar-refractivity contribution in [2.45, 2.75) is 6.54 Å². The van der Waals surface area contributed by atoms with Crippen molar-refractivity contribution in [3.63, 3.8) is 0 Å². The number of hydrogen-bond acceptors (Lipinski definition) is 6. The topological polar surface area (TPSA) is 102 Å². The molecule has 10 nitrogen and oxygen atoms in total. The average Bonchev–Trinajstić information content (AvgIpc) is 3.42. The second kappa shape index (κ2) is 10.0. The lowest BCUT2D eigenvalue weighted by molar-refractivity contribution is 0.0661. The molecule has 1 aliphatic rings. The first-order valence-corrected chi connectivity index (χ1v) is 10.6. The number of amides is 3. The molecular formula is C23H26N6O4. The molecule has 3 heterocycles. The van der Waals surface area contributed by atoms with Crippen LogP contribution in [0, 0.1) is 0 Å². The van der Waals surface area contributed by atoms with E-state index in [-0.39, 0.29) is 11.9 Å². The van der Waals surface area contributed by atoms with E-state index in [1.807, 2.05) is 24.4 Å². The maximum Gasteiger partial charge on any atom is 0.317 e. The quantitative estimate of drug-likeness (QED) is 0.616. The minimum Gasteiger partial charge on any atom is -0.497 e. The van der Waals surface area contributed by atoms with Crippen LogP contribution in [0.25, 0.3) is 5.82 Å². The number of benzene rings is 1. The van der Waals surface area contributed by atoms with Gasteiger partial charge < -0.3 is 24.6 Å². The minimum absolute atomic E-state index is 0.127. The van der Waals surface area contributed by atoms with E-state index in [0.29, 0.717) is 55.6 Å². The molecule has 1 fully saturated rings. The van der Waals surface area contributed by atoms with Crippen LogP contribution in [0.5, 0.6) is 11.5 Å². The highest BCUT2D eigenvalue weighted by Gasteiger charge is 2.26. The second-order valence-electron chi connectivity index (χ2n) is 7.48. The van der Waals surface area contributed by atoms with Crippen molar-refractivity contribution in [3.05, 3.63) is 66.1 Å². The van der Waals surface area contributed by atoms with E-state index in [4.69, 9.17) is 9.47 Å². The second-order valence-corrected chi connectivity index (χ2v) is 7.48. The van der Waals surface area contributed by atoms with Crippen LogP contribution in [0.3, 0.4) is 0 Å². The molecule has 0 saturated carbocycles. The molecule has 0 aliphatic carbocycles. The SMILES string of the molecule is COc1ccc(C(=O)N2CCN(C(=O)NCc3ccc(-n4cccn4)nc3)CC2)c(OC)c1. The normalized spacial score (nSPS) is 13.5. The predicted octanol–water partition coefficient (Wildman–Crippen LogP) is 1.95. The number of methoxy groups -OCH3 is 2. The minimum atomic E-state index is -0.166. The number of rotatable bonds is 6. The van der Waals surface area contributed by atoms with Crippen molar-refractivity contribution in [2.24, 2.45) is 0 Å². The molecule has 172 valence electrons. The zero-order chi connectivity index (χ0) is 23.2. The Morgan fingerprint density at radius 2 is 1.82 bits per heavy atom. The summed E-state index contributed by atoms with van der Waals surface area (Å²) in [7, 11) is 3.08. The summed E-state index contributed by atoms with van der Waals surface area (Å²) in [6, 6.07) is 10.5. The van der Waals surface area contributed by atoms with E-state index in [9.17, 15) is 9.59 Å². The molecule has 0 spiro atoms. The Kier molecular flexibility index (Phi) is 6.72. The number of carbonyl (C=O) groups excluding carboxylic acids is 2. The Labute approximate surface area is 191 Å². The van der Waals surface area contributed by atoms with Crippen molar-refractivity contribution in [2.75, 3.05) is 40.4 Å². The van der Waals surface area contributed by atoms with E-state index in [2.05, 4.69) is 15.4 Å². The fourth-order valence-electron chi connectivity index (χ4n) is 3.61. The van der Waals surface area contributed by atoms with Crippen molar-refractivity contribution in [3.8, 4) is 17.3 Å². The van der Waals surface area contributed by atoms with Gasteiger partial charge in [-0.15, -0.1) is 0 Å². The van der Waals surface area contributed by atoms with Crippen LogP contribution in [0.1, 0.15) is 15.9 Å². The first-order chi connectivity index (χ1) is 16.1. The number of hydrogen-bond donors (Lipinski definition) is 1. The van der Waals surface area contributed by atoms with Crippen LogP contribution in [0.2, 0.25) is 0 Å². The van der Waals surface area contributed by atoms with Crippen LogP contribution < -0.4 is 14.8 Å². The third-order valence-corrected chi connectivity index (χ3v) is 5.49. The maximum absolute atomic E-state index is 13.0. The zero-order valence-electron chi connectivity index (χ0n) is 18.6. The summed E-state index contributed by atoms with van der Waals surface area (Å²) in [4.78, 5) is 33.3. The van der Waals surface area contributed by atoms with Gasteiger partial charge in [0.2, 0.25) is 0 Å². The van der Waals surface area contributed by atoms with E-state index in [1.165, 1.54) is 7.11 Å². The van der Waals surface area contributed by atoms with Gasteiger partial charge in [-0.2, -0.15) is 5.10 Å². The molecule has 4 rings (SSSR count). The molecule has 2 aromatic heterocycles. The highest BCUT2D eigenvalue weighted by molar-refractivity contribution is 5.97. The van der Waals surface area contributed by atoms with E-state index in [0.717, 1.165) is 5.56 Å². The summed E-state index contributed by atoms with van der Waals surface area (Å²) in [6.07, 6.45) is 5.23. The molecule has 1 aliphatic heterocycles. The lowest BCUT2D eigenvalue weighted by atomic mass is 10.1. The molecule has 0 atom stereocenters. The van der Waals surface area contributed by atoms with Gasteiger partial charge in [-0.1, -0.05) is 6.07 Å². The highest BCUT2D eigenvalue weighted by atomic mass is 16.5. The predicted molar refractivity (Wildman–Crippen MR) is 121 cm³/mol. The van der Waals surface area contributed by atoms with Gasteiger partial charge in [-0.25, -0.2) is 14.5 Å². The molecule has 10 heteroatoms. The number of pyridine rings is 1. The number of carbonyl (C=O) groups is 2. The van der Waals surface area contributed by atoms with Gasteiger partial charge in [0.25, 0.3) is 5.91 Å². The highest BCUT2D eigenvalue weighted by Crippen LogP contribution is 2.26. The van der Waals surface area contributed by atoms with Crippen LogP contribution in [-0.4, -0.2) is 76.9 Å². The Hall–Kier alpha value is -4.08. The van der Waals surface area contributed by atoms with Gasteiger partial charge in [-0.3, -0.25) is 4.79 Å². The van der Waals surface area contributed by atoms with Crippen molar-refractivity contribution in [1.82, 2.24) is 29.9 Å². The molecular weight excluding hydrogens is 424 g/mol. The molecule has 1 saturated heterocycles.